The van der Waals surface area contributed by atoms with Crippen molar-refractivity contribution < 1.29 is 44.9 Å². The molecular weight excluding hydrogens is 843 g/mol. The Morgan fingerprint density at radius 3 is 1.21 bits per heavy atom. The molecule has 0 bridgehead atoms. The van der Waals surface area contributed by atoms with Gasteiger partial charge in [0.15, 0.2) is 6.29 Å². The van der Waals surface area contributed by atoms with Crippen LogP contribution in [0.1, 0.15) is 284 Å². The Hall–Kier alpha value is -1.11. The van der Waals surface area contributed by atoms with Crippen molar-refractivity contribution >= 4 is 5.91 Å². The smallest absolute Gasteiger partial charge is 0.249 e. The second kappa shape index (κ2) is 47.2. The number of nitrogens with one attached hydrogen (secondary N) is 1. The van der Waals surface area contributed by atoms with Gasteiger partial charge in [-0.25, -0.2) is 0 Å². The van der Waals surface area contributed by atoms with Crippen LogP contribution in [0.25, 0.3) is 0 Å². The van der Waals surface area contributed by atoms with Crippen LogP contribution in [0.15, 0.2) is 12.2 Å². The summed E-state index contributed by atoms with van der Waals surface area (Å²) in [5, 5.41) is 65.2. The van der Waals surface area contributed by atoms with Crippen LogP contribution in [0.5, 0.6) is 0 Å². The summed E-state index contributed by atoms with van der Waals surface area (Å²) in [4.78, 5) is 13.1. The van der Waals surface area contributed by atoms with Crippen molar-refractivity contribution in [3.63, 3.8) is 0 Å². The Bertz CT molecular complexity index is 1080. The predicted octanol–water partition coefficient (Wildman–Crippen LogP) is 13.0. The third-order valence-corrected chi connectivity index (χ3v) is 14.2. The molecule has 0 radical (unpaired) electrons. The van der Waals surface area contributed by atoms with Gasteiger partial charge < -0.3 is 45.4 Å². The highest BCUT2D eigenvalue weighted by Gasteiger charge is 2.44. The minimum Gasteiger partial charge on any atom is -0.394 e. The molecule has 0 aromatic heterocycles. The summed E-state index contributed by atoms with van der Waals surface area (Å²) in [6.07, 6.45) is 47.1. The van der Waals surface area contributed by atoms with E-state index in [9.17, 15) is 35.4 Å². The van der Waals surface area contributed by atoms with E-state index in [0.29, 0.717) is 12.8 Å². The van der Waals surface area contributed by atoms with Crippen molar-refractivity contribution in [2.24, 2.45) is 0 Å². The molecule has 1 saturated heterocycles. The van der Waals surface area contributed by atoms with Crippen molar-refractivity contribution in [2.75, 3.05) is 13.2 Å². The molecule has 8 unspecified atom stereocenters. The van der Waals surface area contributed by atoms with Gasteiger partial charge in [0.1, 0.15) is 30.5 Å². The molecule has 1 amide bonds. The predicted molar refractivity (Wildman–Crippen MR) is 278 cm³/mol. The first-order valence-corrected chi connectivity index (χ1v) is 29.0. The lowest BCUT2D eigenvalue weighted by Crippen LogP contribution is -2.60. The summed E-state index contributed by atoms with van der Waals surface area (Å²) in [5.41, 5.74) is 0. The minimum atomic E-state index is -1.60. The van der Waals surface area contributed by atoms with Crippen LogP contribution in [-0.2, 0) is 14.3 Å². The van der Waals surface area contributed by atoms with Crippen LogP contribution < -0.4 is 5.32 Å². The van der Waals surface area contributed by atoms with Gasteiger partial charge in [-0.1, -0.05) is 257 Å². The van der Waals surface area contributed by atoms with Gasteiger partial charge in [0.2, 0.25) is 5.91 Å². The number of carbonyl (C=O) groups is 1. The number of ether oxygens (including phenoxy) is 2. The first-order valence-electron chi connectivity index (χ1n) is 29.0. The Morgan fingerprint density at radius 1 is 0.493 bits per heavy atom. The van der Waals surface area contributed by atoms with Gasteiger partial charge in [0.25, 0.3) is 0 Å². The van der Waals surface area contributed by atoms with Crippen molar-refractivity contribution in [3.8, 4) is 0 Å². The Balaban J connectivity index is 2.21. The molecule has 10 nitrogen and oxygen atoms in total. The molecule has 1 aliphatic heterocycles. The van der Waals surface area contributed by atoms with Gasteiger partial charge in [-0.15, -0.1) is 0 Å². The third kappa shape index (κ3) is 36.5. The van der Waals surface area contributed by atoms with E-state index in [2.05, 4.69) is 31.3 Å². The Kier molecular flexibility index (Phi) is 45.0. The zero-order valence-corrected chi connectivity index (χ0v) is 43.8. The number of rotatable bonds is 50. The summed E-state index contributed by atoms with van der Waals surface area (Å²) in [7, 11) is 0. The van der Waals surface area contributed by atoms with Crippen molar-refractivity contribution in [3.05, 3.63) is 12.2 Å². The number of allylic oxidation sites excluding steroid dienone is 2. The maximum atomic E-state index is 13.1. The number of aliphatic hydroxyl groups excluding tert-OH is 6. The Morgan fingerprint density at radius 2 is 0.836 bits per heavy atom. The number of hydrogen-bond acceptors (Lipinski definition) is 9. The third-order valence-electron chi connectivity index (χ3n) is 14.2. The van der Waals surface area contributed by atoms with E-state index in [1.54, 1.807) is 0 Å². The molecule has 1 rings (SSSR count). The largest absolute Gasteiger partial charge is 0.394 e. The van der Waals surface area contributed by atoms with E-state index in [0.717, 1.165) is 51.4 Å². The monoisotopic (exact) mass is 954 g/mol. The molecule has 0 spiro atoms. The lowest BCUT2D eigenvalue weighted by atomic mass is 9.99. The summed E-state index contributed by atoms with van der Waals surface area (Å²) in [6, 6.07) is -0.892. The maximum Gasteiger partial charge on any atom is 0.249 e. The molecule has 398 valence electrons. The van der Waals surface area contributed by atoms with Gasteiger partial charge in [-0.05, 0) is 38.5 Å². The fourth-order valence-electron chi connectivity index (χ4n) is 9.52. The van der Waals surface area contributed by atoms with Crippen molar-refractivity contribution in [2.45, 2.75) is 332 Å². The molecular formula is C57H111NO9. The highest BCUT2D eigenvalue weighted by Crippen LogP contribution is 2.23. The molecule has 0 aliphatic carbocycles. The average Bonchev–Trinajstić information content (AvgIpc) is 3.33. The first-order chi connectivity index (χ1) is 32.8. The van der Waals surface area contributed by atoms with Crippen LogP contribution in [0.2, 0.25) is 0 Å². The van der Waals surface area contributed by atoms with E-state index >= 15 is 0 Å². The highest BCUT2D eigenvalue weighted by molar-refractivity contribution is 5.80. The molecule has 67 heavy (non-hydrogen) atoms. The number of amides is 1. The summed E-state index contributed by atoms with van der Waals surface area (Å²) in [6.45, 7) is 3.71. The number of aliphatic hydroxyl groups is 6. The minimum absolute atomic E-state index is 0.252. The zero-order valence-electron chi connectivity index (χ0n) is 43.8. The van der Waals surface area contributed by atoms with Gasteiger partial charge in [0, 0.05) is 0 Å². The quantitative estimate of drug-likeness (QED) is 0.0232. The van der Waals surface area contributed by atoms with Crippen molar-refractivity contribution in [1.29, 1.82) is 0 Å². The van der Waals surface area contributed by atoms with Gasteiger partial charge in [-0.3, -0.25) is 4.79 Å². The van der Waals surface area contributed by atoms with E-state index in [-0.39, 0.29) is 6.61 Å². The van der Waals surface area contributed by atoms with E-state index in [1.165, 1.54) is 205 Å². The molecule has 8 atom stereocenters. The summed E-state index contributed by atoms with van der Waals surface area (Å²) >= 11 is 0. The average molecular weight is 955 g/mol. The first kappa shape index (κ1) is 63.9. The fraction of sp³-hybridized carbons (Fsp3) is 0.947. The summed E-state index contributed by atoms with van der Waals surface area (Å²) in [5.74, 6) is -0.580. The Labute approximate surface area is 412 Å². The molecule has 0 aromatic rings. The van der Waals surface area contributed by atoms with Crippen molar-refractivity contribution in [1.82, 2.24) is 5.32 Å². The second-order valence-corrected chi connectivity index (χ2v) is 20.6. The number of hydrogen-bond donors (Lipinski definition) is 7. The molecule has 0 saturated carbocycles. The van der Waals surface area contributed by atoms with Gasteiger partial charge in [-0.2, -0.15) is 0 Å². The second-order valence-electron chi connectivity index (χ2n) is 20.6. The van der Waals surface area contributed by atoms with E-state index in [4.69, 9.17) is 9.47 Å². The standard InChI is InChI=1S/C57H111NO9/c1-3-5-7-9-11-13-15-17-19-20-21-22-23-24-25-26-27-28-29-30-32-34-36-38-40-42-44-46-51(61)56(65)58-49(48-66-57-55(64)54(63)53(62)52(47-59)67-57)50(60)45-43-41-39-37-35-33-31-18-16-14-12-10-8-6-4-2/h24-25,49-55,57,59-64H,3-23,26-48H2,1-2H3,(H,58,65)/b25-24-. The van der Waals surface area contributed by atoms with Crippen LogP contribution >= 0.6 is 0 Å². The van der Waals surface area contributed by atoms with Crippen LogP contribution in [0, 0.1) is 0 Å². The lowest BCUT2D eigenvalue weighted by Gasteiger charge is -2.40. The molecule has 10 heteroatoms. The topological polar surface area (TPSA) is 169 Å². The number of unbranched alkanes of at least 4 members (excludes halogenated alkanes) is 37. The van der Waals surface area contributed by atoms with Crippen LogP contribution in [-0.4, -0.2) is 98.7 Å². The fourth-order valence-corrected chi connectivity index (χ4v) is 9.52. The van der Waals surface area contributed by atoms with Gasteiger partial charge >= 0.3 is 0 Å². The molecule has 7 N–H and O–H groups in total. The van der Waals surface area contributed by atoms with Crippen LogP contribution in [0.4, 0.5) is 0 Å². The van der Waals surface area contributed by atoms with Gasteiger partial charge in [0.05, 0.1) is 25.4 Å². The normalized spacial score (nSPS) is 20.1. The zero-order chi connectivity index (χ0) is 48.8. The molecule has 1 fully saturated rings. The van der Waals surface area contributed by atoms with E-state index in [1.807, 2.05) is 0 Å². The summed E-state index contributed by atoms with van der Waals surface area (Å²) < 4.78 is 11.2. The highest BCUT2D eigenvalue weighted by atomic mass is 16.7. The number of carbonyl (C=O) groups excluding carboxylic acids is 1. The molecule has 1 aliphatic rings. The molecule has 0 aromatic carbocycles. The maximum absolute atomic E-state index is 13.1. The molecule has 1 heterocycles. The van der Waals surface area contributed by atoms with Crippen LogP contribution in [0.3, 0.4) is 0 Å². The lowest BCUT2D eigenvalue weighted by molar-refractivity contribution is -0.302. The SMILES string of the molecule is CCCCCCCCCCCCCC/C=C\CCCCCCCCCCCCCC(O)C(=O)NC(COC1OC(CO)C(O)C(O)C1O)C(O)CCCCCCCCCCCCCCCCC. The van der Waals surface area contributed by atoms with E-state index < -0.39 is 61.5 Å².